The molecule has 152 valence electrons. The average Bonchev–Trinajstić information content (AvgIpc) is 3.00. The molecule has 1 N–H and O–H groups in total. The molecule has 2 aromatic rings. The van der Waals surface area contributed by atoms with Crippen LogP contribution in [0.4, 0.5) is 0 Å². The van der Waals surface area contributed by atoms with Crippen LogP contribution in [0.15, 0.2) is 54.6 Å². The van der Waals surface area contributed by atoms with Gasteiger partial charge in [0.05, 0.1) is 5.41 Å². The van der Waals surface area contributed by atoms with Crippen LogP contribution in [0.1, 0.15) is 49.7 Å². The lowest BCUT2D eigenvalue weighted by Crippen LogP contribution is -2.41. The van der Waals surface area contributed by atoms with E-state index in [1.54, 1.807) is 6.07 Å². The molecule has 1 saturated heterocycles. The second-order valence-corrected chi connectivity index (χ2v) is 9.32. The van der Waals surface area contributed by atoms with E-state index in [0.29, 0.717) is 15.1 Å². The maximum Gasteiger partial charge on any atom is 0.230 e. The quantitative estimate of drug-likeness (QED) is 0.501. The lowest BCUT2D eigenvalue weighted by atomic mass is 9.57. The van der Waals surface area contributed by atoms with Crippen LogP contribution in [0, 0.1) is 11.3 Å². The van der Waals surface area contributed by atoms with Crippen molar-refractivity contribution in [2.45, 2.75) is 44.6 Å². The first-order valence-electron chi connectivity index (χ1n) is 10.1. The van der Waals surface area contributed by atoms with Gasteiger partial charge in [-0.05, 0) is 48.2 Å². The minimum atomic E-state index is -0.500. The number of benzene rings is 2. The zero-order valence-corrected chi connectivity index (χ0v) is 18.7. The molecular weight excluding hydrogens is 425 g/mol. The van der Waals surface area contributed by atoms with Gasteiger partial charge in [0.2, 0.25) is 5.91 Å². The zero-order chi connectivity index (χ0) is 20.8. The van der Waals surface area contributed by atoms with Gasteiger partial charge in [0.15, 0.2) is 0 Å². The Labute approximate surface area is 187 Å². The van der Waals surface area contributed by atoms with Gasteiger partial charge < -0.3 is 5.32 Å². The highest BCUT2D eigenvalue weighted by molar-refractivity contribution is 6.35. The lowest BCUT2D eigenvalue weighted by molar-refractivity contribution is -0.127. The van der Waals surface area contributed by atoms with Crippen LogP contribution in [-0.2, 0) is 4.79 Å². The van der Waals surface area contributed by atoms with Crippen LogP contribution in [0.3, 0.4) is 0 Å². The molecule has 0 unspecified atom stereocenters. The fourth-order valence-corrected chi connectivity index (χ4v) is 5.98. The van der Waals surface area contributed by atoms with E-state index in [-0.39, 0.29) is 29.7 Å². The van der Waals surface area contributed by atoms with Crippen molar-refractivity contribution < 1.29 is 4.79 Å². The molecule has 1 amide bonds. The Morgan fingerprint density at radius 1 is 1.00 bits per heavy atom. The second-order valence-electron chi connectivity index (χ2n) is 8.04. The Balaban J connectivity index is 1.93. The first-order valence-corrected chi connectivity index (χ1v) is 11.3. The molecule has 4 rings (SSSR count). The fraction of sp³-hybridized carbons (Fsp3) is 0.375. The molecule has 2 nitrogen and oxygen atoms in total. The van der Waals surface area contributed by atoms with Crippen molar-refractivity contribution in [3.8, 4) is 0 Å². The van der Waals surface area contributed by atoms with Gasteiger partial charge >= 0.3 is 0 Å². The fourth-order valence-electron chi connectivity index (χ4n) is 5.32. The van der Waals surface area contributed by atoms with E-state index >= 15 is 0 Å². The van der Waals surface area contributed by atoms with Gasteiger partial charge in [-0.3, -0.25) is 4.79 Å². The van der Waals surface area contributed by atoms with E-state index in [9.17, 15) is 4.79 Å². The smallest absolute Gasteiger partial charge is 0.230 e. The van der Waals surface area contributed by atoms with Crippen molar-refractivity contribution in [2.24, 2.45) is 11.3 Å². The summed E-state index contributed by atoms with van der Waals surface area (Å²) in [5, 5.41) is 5.25. The van der Waals surface area contributed by atoms with Crippen molar-refractivity contribution in [1.29, 1.82) is 0 Å². The third-order valence-electron chi connectivity index (χ3n) is 6.74. The Bertz CT molecular complexity index is 955. The molecule has 0 bridgehead atoms. The first kappa shape index (κ1) is 20.8. The Kier molecular flexibility index (Phi) is 5.72. The van der Waals surface area contributed by atoms with Gasteiger partial charge in [-0.2, -0.15) is 0 Å². The highest BCUT2D eigenvalue weighted by Crippen LogP contribution is 2.57. The van der Waals surface area contributed by atoms with Crippen molar-refractivity contribution in [3.05, 3.63) is 80.8 Å². The molecule has 0 spiro atoms. The monoisotopic (exact) mass is 447 g/mol. The first-order chi connectivity index (χ1) is 13.9. The van der Waals surface area contributed by atoms with Crippen molar-refractivity contribution in [3.63, 3.8) is 0 Å². The van der Waals surface area contributed by atoms with Crippen molar-refractivity contribution in [1.82, 2.24) is 5.32 Å². The van der Waals surface area contributed by atoms with Gasteiger partial charge in [0.25, 0.3) is 0 Å². The van der Waals surface area contributed by atoms with Crippen LogP contribution >= 0.6 is 34.8 Å². The molecule has 0 radical (unpaired) electrons. The molecule has 5 atom stereocenters. The summed E-state index contributed by atoms with van der Waals surface area (Å²) in [4.78, 5) is 13.1. The number of hydrogen-bond donors (Lipinski definition) is 1. The standard InChI is InChI=1S/C24H24Cl3NO/c1-3-20-22-21(14-5-7-15(25)8-6-14)18(17-10-9-16(26)13-19(17)27)11-12-24(22,4-2)23(29)28-20/h5-13,18,20-22H,3-4H2,1-2H3,(H,28,29)/t18-,20+,21-,22-,24+/m0/s1. The summed E-state index contributed by atoms with van der Waals surface area (Å²) in [6.45, 7) is 4.24. The summed E-state index contributed by atoms with van der Waals surface area (Å²) >= 11 is 19.0. The predicted molar refractivity (Wildman–Crippen MR) is 121 cm³/mol. The molecule has 1 heterocycles. The van der Waals surface area contributed by atoms with Gasteiger partial charge in [-0.1, -0.05) is 79.0 Å². The van der Waals surface area contributed by atoms with E-state index < -0.39 is 5.41 Å². The number of rotatable bonds is 4. The molecule has 2 aromatic carbocycles. The predicted octanol–water partition coefficient (Wildman–Crippen LogP) is 7.01. The second kappa shape index (κ2) is 7.98. The van der Waals surface area contributed by atoms with Crippen molar-refractivity contribution in [2.75, 3.05) is 0 Å². The number of carbonyl (C=O) groups excluding carboxylic acids is 1. The largest absolute Gasteiger partial charge is 0.352 e. The number of fused-ring (bicyclic) bond motifs is 1. The summed E-state index contributed by atoms with van der Waals surface area (Å²) in [7, 11) is 0. The van der Waals surface area contributed by atoms with Crippen LogP contribution in [0.5, 0.6) is 0 Å². The van der Waals surface area contributed by atoms with Crippen LogP contribution in [0.2, 0.25) is 15.1 Å². The Morgan fingerprint density at radius 3 is 2.31 bits per heavy atom. The number of carbonyl (C=O) groups is 1. The molecular formula is C24H24Cl3NO. The summed E-state index contributed by atoms with van der Waals surface area (Å²) in [5.41, 5.74) is 1.71. The molecule has 5 heteroatoms. The van der Waals surface area contributed by atoms with E-state index in [0.717, 1.165) is 18.4 Å². The van der Waals surface area contributed by atoms with E-state index in [1.165, 1.54) is 5.56 Å². The summed E-state index contributed by atoms with van der Waals surface area (Å²) in [5.74, 6) is 0.410. The van der Waals surface area contributed by atoms with Gasteiger partial charge in [0, 0.05) is 38.9 Å². The molecule has 0 saturated carbocycles. The minimum Gasteiger partial charge on any atom is -0.352 e. The number of amides is 1. The van der Waals surface area contributed by atoms with Crippen LogP contribution in [-0.4, -0.2) is 11.9 Å². The Hall–Kier alpha value is -1.48. The van der Waals surface area contributed by atoms with Gasteiger partial charge in [-0.15, -0.1) is 0 Å². The van der Waals surface area contributed by atoms with Crippen molar-refractivity contribution >= 4 is 40.7 Å². The topological polar surface area (TPSA) is 29.1 Å². The van der Waals surface area contributed by atoms with Gasteiger partial charge in [-0.25, -0.2) is 0 Å². The summed E-state index contributed by atoms with van der Waals surface area (Å²) in [6.07, 6.45) is 5.95. The zero-order valence-electron chi connectivity index (χ0n) is 16.5. The normalized spacial score (nSPS) is 30.9. The SMILES string of the molecule is CC[C@H]1NC(=O)[C@]2(CC)C=C[C@@H](c3ccc(Cl)cc3Cl)[C@H](c3ccc(Cl)cc3)[C@H]12. The molecule has 1 aliphatic carbocycles. The lowest BCUT2D eigenvalue weighted by Gasteiger charge is -2.44. The third kappa shape index (κ3) is 3.40. The molecule has 1 aliphatic heterocycles. The number of allylic oxidation sites excluding steroid dienone is 1. The van der Waals surface area contributed by atoms with E-state index in [1.807, 2.05) is 24.3 Å². The highest BCUT2D eigenvalue weighted by atomic mass is 35.5. The van der Waals surface area contributed by atoms with Gasteiger partial charge in [0.1, 0.15) is 0 Å². The molecule has 1 fully saturated rings. The summed E-state index contributed by atoms with van der Waals surface area (Å²) in [6, 6.07) is 13.8. The summed E-state index contributed by atoms with van der Waals surface area (Å²) < 4.78 is 0. The molecule has 2 aliphatic rings. The van der Waals surface area contributed by atoms with Crippen LogP contribution < -0.4 is 5.32 Å². The maximum absolute atomic E-state index is 13.1. The molecule has 0 aromatic heterocycles. The van der Waals surface area contributed by atoms with E-state index in [2.05, 4.69) is 43.4 Å². The maximum atomic E-state index is 13.1. The minimum absolute atomic E-state index is 0.0485. The van der Waals surface area contributed by atoms with E-state index in [4.69, 9.17) is 34.8 Å². The number of hydrogen-bond acceptors (Lipinski definition) is 1. The Morgan fingerprint density at radius 2 is 1.69 bits per heavy atom. The number of halogens is 3. The average molecular weight is 449 g/mol. The third-order valence-corrected chi connectivity index (χ3v) is 7.56. The number of nitrogens with one attached hydrogen (secondary N) is 1. The highest BCUT2D eigenvalue weighted by Gasteiger charge is 2.58. The molecule has 29 heavy (non-hydrogen) atoms. The van der Waals surface area contributed by atoms with Crippen LogP contribution in [0.25, 0.3) is 0 Å².